The van der Waals surface area contributed by atoms with Gasteiger partial charge in [-0.3, -0.25) is 9.59 Å². The van der Waals surface area contributed by atoms with Gasteiger partial charge in [-0.15, -0.1) is 11.8 Å². The smallest absolute Gasteiger partial charge is 0.234 e. The van der Waals surface area contributed by atoms with Crippen LogP contribution in [0, 0.1) is 30.1 Å². The van der Waals surface area contributed by atoms with Crippen LogP contribution in [-0.4, -0.2) is 28.9 Å². The number of rotatable bonds is 7. The molecule has 4 aliphatic rings. The summed E-state index contributed by atoms with van der Waals surface area (Å²) in [5.41, 5.74) is 2.28. The van der Waals surface area contributed by atoms with E-state index in [0.29, 0.717) is 5.41 Å². The van der Waals surface area contributed by atoms with Gasteiger partial charge in [-0.1, -0.05) is 17.7 Å². The van der Waals surface area contributed by atoms with Crippen molar-refractivity contribution in [3.8, 4) is 0 Å². The van der Waals surface area contributed by atoms with Crippen molar-refractivity contribution in [3.63, 3.8) is 0 Å². The minimum atomic E-state index is -0.227. The Kier molecular flexibility index (Phi) is 5.97. The van der Waals surface area contributed by atoms with E-state index < -0.39 is 0 Å². The average molecular weight is 415 g/mol. The maximum absolute atomic E-state index is 12.8. The SMILES string of the molecule is Cc1ccc(NC(=O)CSC(C)C(=O)NC(C)C23CC4CC(CC(C4)C2)C3)cc1. The molecule has 2 atom stereocenters. The van der Waals surface area contributed by atoms with Crippen molar-refractivity contribution in [1.29, 1.82) is 0 Å². The lowest BCUT2D eigenvalue weighted by Gasteiger charge is -2.59. The summed E-state index contributed by atoms with van der Waals surface area (Å²) in [6, 6.07) is 7.99. The van der Waals surface area contributed by atoms with Gasteiger partial charge in [0.05, 0.1) is 11.0 Å². The second kappa shape index (κ2) is 8.33. The quantitative estimate of drug-likeness (QED) is 0.675. The van der Waals surface area contributed by atoms with Crippen LogP contribution in [0.3, 0.4) is 0 Å². The highest BCUT2D eigenvalue weighted by Crippen LogP contribution is 2.61. The number of carbonyl (C=O) groups is 2. The average Bonchev–Trinajstić information content (AvgIpc) is 2.66. The third-order valence-corrected chi connectivity index (χ3v) is 8.67. The van der Waals surface area contributed by atoms with Crippen molar-refractivity contribution in [2.45, 2.75) is 70.6 Å². The third-order valence-electron chi connectivity index (χ3n) is 7.53. The molecule has 0 aliphatic heterocycles. The van der Waals surface area contributed by atoms with Gasteiger partial charge in [-0.05, 0) is 94.6 Å². The summed E-state index contributed by atoms with van der Waals surface area (Å²) in [5, 5.41) is 6.00. The number of benzene rings is 1. The molecule has 1 aromatic carbocycles. The maximum atomic E-state index is 12.8. The van der Waals surface area contributed by atoms with E-state index >= 15 is 0 Å². The van der Waals surface area contributed by atoms with Crippen molar-refractivity contribution in [3.05, 3.63) is 29.8 Å². The van der Waals surface area contributed by atoms with Gasteiger partial charge in [0.15, 0.2) is 0 Å². The second-order valence-corrected chi connectivity index (χ2v) is 11.2. The number of hydrogen-bond acceptors (Lipinski definition) is 3. The molecule has 2 unspecified atom stereocenters. The largest absolute Gasteiger partial charge is 0.352 e. The van der Waals surface area contributed by atoms with Gasteiger partial charge < -0.3 is 10.6 Å². The van der Waals surface area contributed by atoms with Gasteiger partial charge in [-0.25, -0.2) is 0 Å². The Labute approximate surface area is 179 Å². The maximum Gasteiger partial charge on any atom is 0.234 e. The zero-order chi connectivity index (χ0) is 20.6. The van der Waals surface area contributed by atoms with Crippen LogP contribution < -0.4 is 10.6 Å². The summed E-state index contributed by atoms with van der Waals surface area (Å²) in [7, 11) is 0. The molecule has 4 fully saturated rings. The predicted molar refractivity (Wildman–Crippen MR) is 120 cm³/mol. The molecule has 4 saturated carbocycles. The van der Waals surface area contributed by atoms with Crippen molar-refractivity contribution in [2.24, 2.45) is 23.2 Å². The molecular weight excluding hydrogens is 380 g/mol. The van der Waals surface area contributed by atoms with Crippen molar-refractivity contribution in [1.82, 2.24) is 5.32 Å². The first-order chi connectivity index (χ1) is 13.8. The number of nitrogens with one attached hydrogen (secondary N) is 2. The van der Waals surface area contributed by atoms with Crippen LogP contribution in [-0.2, 0) is 9.59 Å². The lowest BCUT2D eigenvalue weighted by atomic mass is 9.48. The fraction of sp³-hybridized carbons (Fsp3) is 0.667. The monoisotopic (exact) mass is 414 g/mol. The molecule has 4 aliphatic carbocycles. The van der Waals surface area contributed by atoms with E-state index in [0.717, 1.165) is 29.0 Å². The second-order valence-electron chi connectivity index (χ2n) is 9.88. The molecule has 5 rings (SSSR count). The minimum Gasteiger partial charge on any atom is -0.352 e. The minimum absolute atomic E-state index is 0.0624. The first-order valence-electron chi connectivity index (χ1n) is 11.1. The van der Waals surface area contributed by atoms with Crippen LogP contribution in [0.4, 0.5) is 5.69 Å². The first-order valence-corrected chi connectivity index (χ1v) is 12.2. The fourth-order valence-electron chi connectivity index (χ4n) is 6.30. The van der Waals surface area contributed by atoms with Crippen molar-refractivity contribution < 1.29 is 9.59 Å². The van der Waals surface area contributed by atoms with Crippen LogP contribution in [0.1, 0.15) is 57.9 Å². The van der Waals surface area contributed by atoms with Gasteiger partial charge in [0.25, 0.3) is 0 Å². The number of carbonyl (C=O) groups excluding carboxylic acids is 2. The zero-order valence-electron chi connectivity index (χ0n) is 17.9. The number of thioether (sulfide) groups is 1. The van der Waals surface area contributed by atoms with E-state index in [2.05, 4.69) is 17.6 Å². The normalized spacial score (nSPS) is 31.9. The number of hydrogen-bond donors (Lipinski definition) is 2. The summed E-state index contributed by atoms with van der Waals surface area (Å²) in [6.45, 7) is 6.14. The third kappa shape index (κ3) is 4.65. The Hall–Kier alpha value is -1.49. The van der Waals surface area contributed by atoms with E-state index in [9.17, 15) is 9.59 Å². The van der Waals surface area contributed by atoms with Gasteiger partial charge in [0.1, 0.15) is 0 Å². The molecule has 0 radical (unpaired) electrons. The summed E-state index contributed by atoms with van der Waals surface area (Å²) in [6.07, 6.45) is 8.13. The van der Waals surface area contributed by atoms with E-state index in [1.165, 1.54) is 50.3 Å². The van der Waals surface area contributed by atoms with E-state index in [1.54, 1.807) is 0 Å². The number of amides is 2. The standard InChI is InChI=1S/C24H34N2O2S/c1-15-4-6-21(7-5-15)26-22(27)14-29-16(2)23(28)25-17(3)24-11-18-8-19(12-24)10-20(9-18)13-24/h4-7,16-20H,8-14H2,1-3H3,(H,25,28)(H,26,27). The zero-order valence-corrected chi connectivity index (χ0v) is 18.7. The van der Waals surface area contributed by atoms with Crippen molar-refractivity contribution >= 4 is 29.3 Å². The van der Waals surface area contributed by atoms with Gasteiger partial charge in [0, 0.05) is 11.7 Å². The summed E-state index contributed by atoms with van der Waals surface area (Å²) in [4.78, 5) is 25.0. The molecule has 0 aromatic heterocycles. The highest BCUT2D eigenvalue weighted by Gasteiger charge is 2.53. The van der Waals surface area contributed by atoms with E-state index in [1.807, 2.05) is 38.1 Å². The number of aryl methyl sites for hydroxylation is 1. The Morgan fingerprint density at radius 3 is 2.14 bits per heavy atom. The predicted octanol–water partition coefficient (Wildman–Crippen LogP) is 4.78. The Bertz CT molecular complexity index is 725. The van der Waals surface area contributed by atoms with Gasteiger partial charge in [0.2, 0.25) is 11.8 Å². The summed E-state index contributed by atoms with van der Waals surface area (Å²) < 4.78 is 0. The highest BCUT2D eigenvalue weighted by atomic mass is 32.2. The molecule has 2 amide bonds. The van der Waals surface area contributed by atoms with E-state index in [4.69, 9.17) is 0 Å². The molecule has 29 heavy (non-hydrogen) atoms. The van der Waals surface area contributed by atoms with Gasteiger partial charge >= 0.3 is 0 Å². The molecular formula is C24H34N2O2S. The highest BCUT2D eigenvalue weighted by molar-refractivity contribution is 8.01. The lowest BCUT2D eigenvalue weighted by molar-refractivity contribution is -0.125. The molecule has 0 saturated heterocycles. The van der Waals surface area contributed by atoms with Crippen LogP contribution in [0.25, 0.3) is 0 Å². The number of anilines is 1. The van der Waals surface area contributed by atoms with Crippen LogP contribution in [0.2, 0.25) is 0 Å². The molecule has 4 bridgehead atoms. The molecule has 158 valence electrons. The molecule has 4 nitrogen and oxygen atoms in total. The Morgan fingerprint density at radius 2 is 1.59 bits per heavy atom. The Balaban J connectivity index is 1.25. The molecule has 1 aromatic rings. The summed E-state index contributed by atoms with van der Waals surface area (Å²) >= 11 is 1.41. The van der Waals surface area contributed by atoms with Gasteiger partial charge in [-0.2, -0.15) is 0 Å². The molecule has 0 heterocycles. The summed E-state index contributed by atoms with van der Waals surface area (Å²) in [5.74, 6) is 2.96. The Morgan fingerprint density at radius 1 is 1.03 bits per heavy atom. The van der Waals surface area contributed by atoms with Crippen LogP contribution in [0.15, 0.2) is 24.3 Å². The van der Waals surface area contributed by atoms with Crippen molar-refractivity contribution in [2.75, 3.05) is 11.1 Å². The first kappa shape index (κ1) is 20.8. The van der Waals surface area contributed by atoms with Crippen LogP contribution >= 0.6 is 11.8 Å². The topological polar surface area (TPSA) is 58.2 Å². The molecule has 2 N–H and O–H groups in total. The molecule has 5 heteroatoms. The molecule has 0 spiro atoms. The lowest BCUT2D eigenvalue weighted by Crippen LogP contribution is -2.56. The van der Waals surface area contributed by atoms with E-state index in [-0.39, 0.29) is 28.9 Å². The van der Waals surface area contributed by atoms with Crippen LogP contribution in [0.5, 0.6) is 0 Å². The fourth-order valence-corrected chi connectivity index (χ4v) is 7.00.